The van der Waals surface area contributed by atoms with Crippen LogP contribution in [0.2, 0.25) is 0 Å². The zero-order chi connectivity index (χ0) is 28.9. The first-order chi connectivity index (χ1) is 18.8. The van der Waals surface area contributed by atoms with Gasteiger partial charge >= 0.3 is 12.1 Å². The molecule has 10 nitrogen and oxygen atoms in total. The smallest absolute Gasteiger partial charge is 0.407 e. The van der Waals surface area contributed by atoms with Gasteiger partial charge in [-0.05, 0) is 44.6 Å². The van der Waals surface area contributed by atoms with Crippen LogP contribution in [0, 0.1) is 5.92 Å². The van der Waals surface area contributed by atoms with Gasteiger partial charge in [-0.3, -0.25) is 14.4 Å². The lowest BCUT2D eigenvalue weighted by atomic mass is 9.98. The highest BCUT2D eigenvalue weighted by Crippen LogP contribution is 2.12. The van der Waals surface area contributed by atoms with Crippen molar-refractivity contribution in [2.75, 3.05) is 19.8 Å². The average Bonchev–Trinajstić information content (AvgIpc) is 2.93. The molecule has 1 aromatic rings. The van der Waals surface area contributed by atoms with Crippen LogP contribution in [0.5, 0.6) is 0 Å². The molecule has 0 radical (unpaired) electrons. The number of nitrogens with one attached hydrogen (secondary N) is 3. The van der Waals surface area contributed by atoms with E-state index in [1.165, 1.54) is 0 Å². The van der Waals surface area contributed by atoms with Crippen molar-refractivity contribution >= 4 is 23.9 Å². The zero-order valence-corrected chi connectivity index (χ0v) is 22.9. The third-order valence-electron chi connectivity index (χ3n) is 5.74. The zero-order valence-electron chi connectivity index (χ0n) is 22.9. The molecular weight excluding hydrogens is 502 g/mol. The molecule has 216 valence electrons. The van der Waals surface area contributed by atoms with Gasteiger partial charge in [0, 0.05) is 25.4 Å². The van der Waals surface area contributed by atoms with Crippen molar-refractivity contribution in [3.05, 3.63) is 61.2 Å². The van der Waals surface area contributed by atoms with Crippen LogP contribution < -0.4 is 16.0 Å². The van der Waals surface area contributed by atoms with Gasteiger partial charge in [0.25, 0.3) is 0 Å². The van der Waals surface area contributed by atoms with E-state index in [0.717, 1.165) is 5.56 Å². The van der Waals surface area contributed by atoms with E-state index in [1.54, 1.807) is 19.1 Å². The van der Waals surface area contributed by atoms with E-state index in [1.807, 2.05) is 30.3 Å². The average molecular weight is 546 g/mol. The summed E-state index contributed by atoms with van der Waals surface area (Å²) in [6, 6.07) is 8.47. The molecule has 3 amide bonds. The van der Waals surface area contributed by atoms with Crippen LogP contribution in [0.25, 0.3) is 0 Å². The van der Waals surface area contributed by atoms with Gasteiger partial charge < -0.3 is 30.5 Å². The maximum atomic E-state index is 13.0. The van der Waals surface area contributed by atoms with Crippen LogP contribution >= 0.6 is 0 Å². The number of aliphatic hydroxyl groups is 1. The highest BCUT2D eigenvalue weighted by atomic mass is 16.5. The molecule has 1 aromatic carbocycles. The largest absolute Gasteiger partial charge is 0.463 e. The van der Waals surface area contributed by atoms with Crippen LogP contribution in [0.1, 0.15) is 57.4 Å². The Hall–Kier alpha value is -3.66. The first-order valence-corrected chi connectivity index (χ1v) is 13.3. The second kappa shape index (κ2) is 20.3. The van der Waals surface area contributed by atoms with Gasteiger partial charge in [0.1, 0.15) is 13.2 Å². The van der Waals surface area contributed by atoms with Crippen molar-refractivity contribution in [1.29, 1.82) is 0 Å². The third kappa shape index (κ3) is 16.0. The predicted octanol–water partition coefficient (Wildman–Crippen LogP) is 3.16. The molecule has 0 aliphatic rings. The maximum absolute atomic E-state index is 13.0. The van der Waals surface area contributed by atoms with Gasteiger partial charge in [0.15, 0.2) is 0 Å². The Bertz CT molecular complexity index is 907. The molecule has 10 heteroatoms. The van der Waals surface area contributed by atoms with Gasteiger partial charge in [-0.1, -0.05) is 42.5 Å². The lowest BCUT2D eigenvalue weighted by Gasteiger charge is -2.23. The number of allylic oxidation sites excluding steroid dienone is 2. The van der Waals surface area contributed by atoms with E-state index in [9.17, 15) is 19.2 Å². The number of alkyl carbamates (subject to hydrolysis) is 1. The topological polar surface area (TPSA) is 143 Å². The molecule has 0 spiro atoms. The second-order valence-electron chi connectivity index (χ2n) is 9.28. The Morgan fingerprint density at radius 2 is 1.77 bits per heavy atom. The highest BCUT2D eigenvalue weighted by Gasteiger charge is 2.24. The fourth-order valence-corrected chi connectivity index (χ4v) is 3.57. The van der Waals surface area contributed by atoms with Crippen molar-refractivity contribution in [3.8, 4) is 0 Å². The maximum Gasteiger partial charge on any atom is 0.407 e. The summed E-state index contributed by atoms with van der Waals surface area (Å²) >= 11 is 0. The van der Waals surface area contributed by atoms with E-state index in [2.05, 4.69) is 29.1 Å². The molecule has 0 aliphatic heterocycles. The highest BCUT2D eigenvalue weighted by molar-refractivity contribution is 5.86. The molecule has 1 rings (SSSR count). The Balaban J connectivity index is 2.58. The first-order valence-electron chi connectivity index (χ1n) is 13.3. The minimum Gasteiger partial charge on any atom is -0.463 e. The number of aliphatic hydroxyl groups excluding tert-OH is 1. The number of unbranched alkanes of at least 4 members (excludes halogenated alkanes) is 1. The van der Waals surface area contributed by atoms with Gasteiger partial charge in [-0.2, -0.15) is 0 Å². The fraction of sp³-hybridized carbons (Fsp3) is 0.517. The normalized spacial score (nSPS) is 12.8. The summed E-state index contributed by atoms with van der Waals surface area (Å²) < 4.78 is 10.5. The summed E-state index contributed by atoms with van der Waals surface area (Å²) in [7, 11) is 0. The summed E-state index contributed by atoms with van der Waals surface area (Å²) in [6.45, 7) is 9.28. The first kappa shape index (κ1) is 33.4. The van der Waals surface area contributed by atoms with Gasteiger partial charge in [0.05, 0.1) is 18.6 Å². The van der Waals surface area contributed by atoms with Crippen molar-refractivity contribution in [1.82, 2.24) is 16.0 Å². The van der Waals surface area contributed by atoms with Crippen LogP contribution in [-0.2, 0) is 30.5 Å². The molecule has 3 atom stereocenters. The monoisotopic (exact) mass is 545 g/mol. The molecule has 0 saturated carbocycles. The number of rotatable bonds is 20. The lowest BCUT2D eigenvalue weighted by Crippen LogP contribution is -2.44. The SMILES string of the molecule is C=CCCC(=O)OC[C@H](CCCCNC(=O)OCc1ccccc1)NC(=O)[C@H](CC=C)CC(=O)N[C@@H](C)CO. The minimum atomic E-state index is -0.659. The van der Waals surface area contributed by atoms with Crippen LogP contribution in [0.3, 0.4) is 0 Å². The quantitative estimate of drug-likeness (QED) is 0.112. The Morgan fingerprint density at radius 3 is 2.44 bits per heavy atom. The molecule has 4 N–H and O–H groups in total. The summed E-state index contributed by atoms with van der Waals surface area (Å²) in [5, 5.41) is 17.4. The van der Waals surface area contributed by atoms with Gasteiger partial charge in [-0.25, -0.2) is 4.79 Å². The lowest BCUT2D eigenvalue weighted by molar-refractivity contribution is -0.145. The fourth-order valence-electron chi connectivity index (χ4n) is 3.57. The Labute approximate surface area is 231 Å². The number of esters is 1. The molecule has 0 unspecified atom stereocenters. The Kier molecular flexibility index (Phi) is 17.4. The number of amides is 3. The van der Waals surface area contributed by atoms with Gasteiger partial charge in [0.2, 0.25) is 11.8 Å². The molecule has 0 heterocycles. The number of carbonyl (C=O) groups is 4. The summed E-state index contributed by atoms with van der Waals surface area (Å²) in [5.74, 6) is -1.75. The second-order valence-corrected chi connectivity index (χ2v) is 9.28. The van der Waals surface area contributed by atoms with Crippen LogP contribution in [0.15, 0.2) is 55.6 Å². The summed E-state index contributed by atoms with van der Waals surface area (Å²) in [6.07, 6.45) is 5.34. The van der Waals surface area contributed by atoms with E-state index in [-0.39, 0.29) is 50.9 Å². The molecule has 0 bridgehead atoms. The van der Waals surface area contributed by atoms with E-state index < -0.39 is 30.1 Å². The molecule has 0 saturated heterocycles. The van der Waals surface area contributed by atoms with E-state index in [4.69, 9.17) is 14.6 Å². The number of carbonyl (C=O) groups excluding carboxylic acids is 4. The molecule has 39 heavy (non-hydrogen) atoms. The molecular formula is C29H43N3O7. The number of hydrogen-bond acceptors (Lipinski definition) is 7. The van der Waals surface area contributed by atoms with E-state index in [0.29, 0.717) is 32.2 Å². The number of benzene rings is 1. The molecule has 0 fully saturated rings. The minimum absolute atomic E-state index is 0.0111. The van der Waals surface area contributed by atoms with E-state index >= 15 is 0 Å². The number of hydrogen-bond donors (Lipinski definition) is 4. The van der Waals surface area contributed by atoms with Crippen molar-refractivity contribution in [2.24, 2.45) is 5.92 Å². The molecule has 0 aliphatic carbocycles. The van der Waals surface area contributed by atoms with Crippen LogP contribution in [-0.4, -0.2) is 60.8 Å². The third-order valence-corrected chi connectivity index (χ3v) is 5.74. The van der Waals surface area contributed by atoms with Crippen molar-refractivity contribution < 1.29 is 33.8 Å². The number of ether oxygens (including phenoxy) is 2. The van der Waals surface area contributed by atoms with Crippen molar-refractivity contribution in [3.63, 3.8) is 0 Å². The van der Waals surface area contributed by atoms with Gasteiger partial charge in [-0.15, -0.1) is 13.2 Å². The standard InChI is InChI=1S/C29H43N3O7/c1-4-6-16-27(35)38-21-25(32-28(36)24(12-5-2)18-26(34)31-22(3)19-33)15-10-11-17-30-29(37)39-20-23-13-8-7-9-14-23/h4-5,7-9,13-14,22,24-25,33H,1-2,6,10-12,15-21H2,3H3,(H,30,37)(H,31,34)(H,32,36)/t22-,24+,25-/m0/s1. The molecule has 0 aromatic heterocycles. The summed E-state index contributed by atoms with van der Waals surface area (Å²) in [4.78, 5) is 49.2. The Morgan fingerprint density at radius 1 is 1.03 bits per heavy atom. The summed E-state index contributed by atoms with van der Waals surface area (Å²) in [5.41, 5.74) is 0.893. The predicted molar refractivity (Wildman–Crippen MR) is 148 cm³/mol. The van der Waals surface area contributed by atoms with Crippen LogP contribution in [0.4, 0.5) is 4.79 Å². The van der Waals surface area contributed by atoms with Crippen molar-refractivity contribution in [2.45, 2.75) is 70.6 Å².